The quantitative estimate of drug-likeness (QED) is 0.241. The van der Waals surface area contributed by atoms with Crippen molar-refractivity contribution in [2.75, 3.05) is 14.2 Å². The van der Waals surface area contributed by atoms with E-state index in [4.69, 9.17) is 18.9 Å². The highest BCUT2D eigenvalue weighted by Gasteiger charge is 2.52. The lowest BCUT2D eigenvalue weighted by Crippen LogP contribution is -2.59. The van der Waals surface area contributed by atoms with E-state index in [2.05, 4.69) is 0 Å². The van der Waals surface area contributed by atoms with Gasteiger partial charge in [-0.05, 0) is 32.4 Å². The number of phenolic OH excluding ortho intramolecular Hbond substituents is 2. The molecular weight excluding hydrogens is 528 g/mol. The molecule has 2 aromatic rings. The highest BCUT2D eigenvalue weighted by Crippen LogP contribution is 2.52. The first-order valence-corrected chi connectivity index (χ1v) is 12.7. The summed E-state index contributed by atoms with van der Waals surface area (Å²) in [6.07, 6.45) is -10.1. The first kappa shape index (κ1) is 28.4. The van der Waals surface area contributed by atoms with Crippen LogP contribution in [0.25, 0.3) is 0 Å². The number of ketones is 2. The fourth-order valence-corrected chi connectivity index (χ4v) is 5.97. The Morgan fingerprint density at radius 1 is 0.975 bits per heavy atom. The van der Waals surface area contributed by atoms with Gasteiger partial charge in [-0.3, -0.25) is 9.59 Å². The number of aliphatic hydroxyl groups is 4. The molecule has 0 amide bonds. The van der Waals surface area contributed by atoms with E-state index < -0.39 is 89.1 Å². The molecule has 0 radical (unpaired) electrons. The van der Waals surface area contributed by atoms with Gasteiger partial charge in [-0.2, -0.15) is 0 Å². The van der Waals surface area contributed by atoms with Crippen molar-refractivity contribution in [3.05, 3.63) is 51.1 Å². The fourth-order valence-electron chi connectivity index (χ4n) is 5.97. The molecular formula is C28H32O12. The molecule has 2 aromatic carbocycles. The van der Waals surface area contributed by atoms with Gasteiger partial charge < -0.3 is 49.6 Å². The number of phenols is 2. The Kier molecular flexibility index (Phi) is 6.94. The van der Waals surface area contributed by atoms with Crippen LogP contribution >= 0.6 is 0 Å². The fraction of sp³-hybridized carbons (Fsp3) is 0.500. The topological polar surface area (TPSA) is 192 Å². The van der Waals surface area contributed by atoms with Crippen LogP contribution in [0.1, 0.15) is 68.5 Å². The number of hydrogen-bond acceptors (Lipinski definition) is 12. The summed E-state index contributed by atoms with van der Waals surface area (Å²) in [7, 11) is 2.61. The van der Waals surface area contributed by atoms with Crippen molar-refractivity contribution in [2.45, 2.75) is 75.7 Å². The molecule has 5 rings (SSSR count). The summed E-state index contributed by atoms with van der Waals surface area (Å²) in [5, 5.41) is 66.2. The van der Waals surface area contributed by atoms with Crippen LogP contribution < -0.4 is 4.74 Å². The van der Waals surface area contributed by atoms with Gasteiger partial charge in [0.15, 0.2) is 12.1 Å². The molecule has 6 N–H and O–H groups in total. The molecule has 1 heterocycles. The zero-order chi connectivity index (χ0) is 29.4. The number of aryl methyl sites for hydroxylation is 1. The number of methoxy groups -OCH3 is 2. The Bertz CT molecular complexity index is 1400. The molecule has 8 atom stereocenters. The van der Waals surface area contributed by atoms with Crippen LogP contribution in [-0.2, 0) is 20.6 Å². The lowest BCUT2D eigenvalue weighted by atomic mass is 9.72. The molecule has 0 saturated carbocycles. The highest BCUT2D eigenvalue weighted by atomic mass is 16.7. The van der Waals surface area contributed by atoms with Crippen LogP contribution in [-0.4, -0.2) is 98.8 Å². The van der Waals surface area contributed by atoms with E-state index >= 15 is 0 Å². The minimum Gasteiger partial charge on any atom is -0.507 e. The van der Waals surface area contributed by atoms with Gasteiger partial charge in [-0.25, -0.2) is 0 Å². The number of carbonyl (C=O) groups is 2. The lowest BCUT2D eigenvalue weighted by molar-refractivity contribution is -0.321. The van der Waals surface area contributed by atoms with Gasteiger partial charge in [0, 0.05) is 30.2 Å². The highest BCUT2D eigenvalue weighted by molar-refractivity contribution is 6.31. The maximum Gasteiger partial charge on any atom is 0.202 e. The van der Waals surface area contributed by atoms with Crippen LogP contribution in [0.2, 0.25) is 0 Å². The minimum atomic E-state index is -1.94. The number of ether oxygens (including phenoxy) is 4. The average Bonchev–Trinajstić information content (AvgIpc) is 2.90. The van der Waals surface area contributed by atoms with E-state index in [-0.39, 0.29) is 28.0 Å². The molecule has 0 spiro atoms. The Balaban J connectivity index is 1.70. The van der Waals surface area contributed by atoms with Gasteiger partial charge in [0.05, 0.1) is 35.5 Å². The zero-order valence-corrected chi connectivity index (χ0v) is 22.5. The van der Waals surface area contributed by atoms with E-state index in [0.717, 1.165) is 0 Å². The summed E-state index contributed by atoms with van der Waals surface area (Å²) < 4.78 is 22.1. The minimum absolute atomic E-state index is 0.0260. The van der Waals surface area contributed by atoms with E-state index in [9.17, 15) is 40.2 Å². The van der Waals surface area contributed by atoms with E-state index in [1.54, 1.807) is 13.0 Å². The van der Waals surface area contributed by atoms with Crippen LogP contribution in [0.5, 0.6) is 17.2 Å². The van der Waals surface area contributed by atoms with Crippen molar-refractivity contribution in [1.82, 2.24) is 0 Å². The first-order chi connectivity index (χ1) is 18.8. The summed E-state index contributed by atoms with van der Waals surface area (Å²) in [5.41, 5.74) is -2.83. The number of aromatic hydroxyl groups is 2. The van der Waals surface area contributed by atoms with Gasteiger partial charge in [0.2, 0.25) is 5.78 Å². The number of rotatable bonds is 4. The van der Waals surface area contributed by atoms with Crippen molar-refractivity contribution >= 4 is 11.6 Å². The number of benzene rings is 2. The maximum absolute atomic E-state index is 13.8. The van der Waals surface area contributed by atoms with Gasteiger partial charge >= 0.3 is 0 Å². The molecule has 6 unspecified atom stereocenters. The number of hydrogen-bond donors (Lipinski definition) is 6. The smallest absolute Gasteiger partial charge is 0.202 e. The molecule has 3 aliphatic rings. The largest absolute Gasteiger partial charge is 0.507 e. The summed E-state index contributed by atoms with van der Waals surface area (Å²) >= 11 is 0. The third-order valence-electron chi connectivity index (χ3n) is 8.15. The van der Waals surface area contributed by atoms with E-state index in [0.29, 0.717) is 5.56 Å². The maximum atomic E-state index is 13.8. The molecule has 0 bridgehead atoms. The first-order valence-electron chi connectivity index (χ1n) is 12.7. The predicted octanol–water partition coefficient (Wildman–Crippen LogP) is 0.398. The molecule has 1 saturated heterocycles. The number of aliphatic hydroxyl groups excluding tert-OH is 3. The third kappa shape index (κ3) is 3.94. The second-order valence-corrected chi connectivity index (χ2v) is 10.8. The number of carbonyl (C=O) groups excluding carboxylic acids is 2. The van der Waals surface area contributed by atoms with Gasteiger partial charge in [-0.15, -0.1) is 0 Å². The Hall–Kier alpha value is -3.10. The molecule has 12 heteroatoms. The van der Waals surface area contributed by atoms with E-state index in [1.807, 2.05) is 0 Å². The second kappa shape index (κ2) is 9.77. The summed E-state index contributed by atoms with van der Waals surface area (Å²) in [6, 6.07) is 3.02. The van der Waals surface area contributed by atoms with Crippen molar-refractivity contribution in [3.8, 4) is 17.2 Å². The Labute approximate surface area is 229 Å². The van der Waals surface area contributed by atoms with Crippen molar-refractivity contribution < 1.29 is 59.2 Å². The van der Waals surface area contributed by atoms with E-state index in [1.165, 1.54) is 34.1 Å². The Morgan fingerprint density at radius 2 is 1.62 bits per heavy atom. The average molecular weight is 561 g/mol. The van der Waals surface area contributed by atoms with Crippen molar-refractivity contribution in [2.24, 2.45) is 0 Å². The van der Waals surface area contributed by atoms with Crippen LogP contribution in [0.4, 0.5) is 0 Å². The van der Waals surface area contributed by atoms with Crippen LogP contribution in [0.15, 0.2) is 12.1 Å². The molecule has 12 nitrogen and oxygen atoms in total. The van der Waals surface area contributed by atoms with Crippen LogP contribution in [0.3, 0.4) is 0 Å². The molecule has 1 fully saturated rings. The molecule has 2 aliphatic carbocycles. The third-order valence-corrected chi connectivity index (χ3v) is 8.15. The molecule has 216 valence electrons. The predicted molar refractivity (Wildman–Crippen MR) is 136 cm³/mol. The van der Waals surface area contributed by atoms with Gasteiger partial charge in [-0.1, -0.05) is 6.07 Å². The molecule has 1 aliphatic heterocycles. The Morgan fingerprint density at radius 3 is 2.25 bits per heavy atom. The summed E-state index contributed by atoms with van der Waals surface area (Å²) in [5.74, 6) is -2.80. The van der Waals surface area contributed by atoms with Crippen LogP contribution in [0, 0.1) is 6.92 Å². The second-order valence-electron chi connectivity index (χ2n) is 10.8. The van der Waals surface area contributed by atoms with Gasteiger partial charge in [0.1, 0.15) is 47.8 Å². The monoisotopic (exact) mass is 560 g/mol. The SMILES string of the molecule is COc1c(C)ccc2c1C(=O)c1c(O)c3c(c(O)c1C2=O)C[C@@](C)(O)[C@@H](O)C3OC1OC(C)C(O)C(OC)C1O. The zero-order valence-electron chi connectivity index (χ0n) is 22.5. The van der Waals surface area contributed by atoms with Crippen molar-refractivity contribution in [1.29, 1.82) is 0 Å². The normalized spacial score (nSPS) is 33.3. The molecule has 40 heavy (non-hydrogen) atoms. The summed E-state index contributed by atoms with van der Waals surface area (Å²) in [6.45, 7) is 4.46. The summed E-state index contributed by atoms with van der Waals surface area (Å²) in [4.78, 5) is 27.4. The molecule has 0 aromatic heterocycles. The van der Waals surface area contributed by atoms with Gasteiger partial charge in [0.25, 0.3) is 0 Å². The standard InChI is InChI=1S/C28H32O12/c1-9-6-7-11-13(23(9)37-4)20(32)16-15(18(11)30)19(31)12-8-28(3,36)26(35)24(14(12)21(16)33)40-27-22(34)25(38-5)17(29)10(2)39-27/h6-7,10,17,22,24-27,29,31,33-36H,8H2,1-5H3/t10?,17?,22?,24?,25?,26-,27?,28+/m0/s1. The lowest BCUT2D eigenvalue weighted by Gasteiger charge is -2.46. The number of fused-ring (bicyclic) bond motifs is 3. The van der Waals surface area contributed by atoms with Crippen molar-refractivity contribution in [3.63, 3.8) is 0 Å².